The molecule has 1 aliphatic heterocycles. The zero-order chi connectivity index (χ0) is 22.0. The summed E-state index contributed by atoms with van der Waals surface area (Å²) < 4.78 is 10.6. The van der Waals surface area contributed by atoms with Crippen LogP contribution in [0.15, 0.2) is 66.7 Å². The third kappa shape index (κ3) is 4.31. The second-order valence-electron chi connectivity index (χ2n) is 7.78. The van der Waals surface area contributed by atoms with Gasteiger partial charge in [0.2, 0.25) is 0 Å². The van der Waals surface area contributed by atoms with Gasteiger partial charge in [-0.05, 0) is 72.5 Å². The number of hydrogen-bond acceptors (Lipinski definition) is 4. The Balaban J connectivity index is 1.42. The van der Waals surface area contributed by atoms with Crippen LogP contribution >= 0.6 is 0 Å². The number of esters is 1. The van der Waals surface area contributed by atoms with Crippen LogP contribution in [0, 0.1) is 0 Å². The monoisotopic (exact) mass is 415 g/mol. The number of nitrogens with zero attached hydrogens (tertiary/aromatic N) is 1. The van der Waals surface area contributed by atoms with Crippen LogP contribution in [0.1, 0.15) is 25.0 Å². The normalized spacial score (nSPS) is 16.4. The fourth-order valence-corrected chi connectivity index (χ4v) is 4.00. The summed E-state index contributed by atoms with van der Waals surface area (Å²) in [6.45, 7) is 3.62. The van der Waals surface area contributed by atoms with Crippen molar-refractivity contribution in [1.29, 1.82) is 0 Å². The molecule has 0 fully saturated rings. The minimum absolute atomic E-state index is 0.0396. The van der Waals surface area contributed by atoms with Crippen molar-refractivity contribution in [3.8, 4) is 5.75 Å². The Hall–Kier alpha value is -3.60. The van der Waals surface area contributed by atoms with E-state index >= 15 is 0 Å². The first-order valence-electron chi connectivity index (χ1n) is 10.3. The predicted octanol–water partition coefficient (Wildman–Crippen LogP) is 4.77. The van der Waals surface area contributed by atoms with Crippen molar-refractivity contribution in [2.75, 3.05) is 12.0 Å². The van der Waals surface area contributed by atoms with Crippen molar-refractivity contribution in [1.82, 2.24) is 0 Å². The number of fused-ring (bicyclic) bond motifs is 2. The fraction of sp³-hybridized carbons (Fsp3) is 0.231. The van der Waals surface area contributed by atoms with Crippen LogP contribution in [-0.4, -0.2) is 31.1 Å². The Labute approximate surface area is 181 Å². The molecule has 1 amide bonds. The molecule has 158 valence electrons. The van der Waals surface area contributed by atoms with Gasteiger partial charge in [0, 0.05) is 17.8 Å². The lowest BCUT2D eigenvalue weighted by Gasteiger charge is -2.25. The highest BCUT2D eigenvalue weighted by molar-refractivity contribution is 6.00. The molecule has 2 atom stereocenters. The van der Waals surface area contributed by atoms with E-state index in [1.807, 2.05) is 67.6 Å². The Morgan fingerprint density at radius 1 is 1.06 bits per heavy atom. The summed E-state index contributed by atoms with van der Waals surface area (Å²) in [5.74, 6) is 0.0441. The maximum Gasteiger partial charge on any atom is 0.331 e. The number of methoxy groups -OCH3 is 1. The van der Waals surface area contributed by atoms with Crippen LogP contribution in [0.25, 0.3) is 16.8 Å². The first kappa shape index (κ1) is 20.7. The minimum atomic E-state index is -0.866. The summed E-state index contributed by atoms with van der Waals surface area (Å²) >= 11 is 0. The molecule has 1 aliphatic rings. The zero-order valence-electron chi connectivity index (χ0n) is 17.9. The standard InChI is InChI=1S/C26H25NO4/c1-17-14-22-6-4-5-7-24(22)27(17)26(29)18(2)31-25(28)13-9-19-8-10-21-16-23(30-3)12-11-20(21)15-19/h4-13,15-18H,14H2,1-3H3/b13-9+/t17-,18-/m1/s1. The van der Waals surface area contributed by atoms with Gasteiger partial charge in [0.15, 0.2) is 6.10 Å². The molecule has 0 saturated carbocycles. The number of benzene rings is 3. The third-order valence-corrected chi connectivity index (χ3v) is 5.57. The van der Waals surface area contributed by atoms with E-state index in [0.29, 0.717) is 0 Å². The van der Waals surface area contributed by atoms with Crippen molar-refractivity contribution in [2.45, 2.75) is 32.4 Å². The van der Waals surface area contributed by atoms with Crippen LogP contribution in [-0.2, 0) is 20.7 Å². The van der Waals surface area contributed by atoms with Gasteiger partial charge in [-0.15, -0.1) is 0 Å². The summed E-state index contributed by atoms with van der Waals surface area (Å²) in [5, 5.41) is 2.10. The third-order valence-electron chi connectivity index (χ3n) is 5.57. The topological polar surface area (TPSA) is 55.8 Å². The van der Waals surface area contributed by atoms with Gasteiger partial charge >= 0.3 is 5.97 Å². The number of rotatable bonds is 5. The molecule has 5 heteroatoms. The highest BCUT2D eigenvalue weighted by Gasteiger charge is 2.34. The zero-order valence-corrected chi connectivity index (χ0v) is 17.9. The summed E-state index contributed by atoms with van der Waals surface area (Å²) in [7, 11) is 1.64. The number of amides is 1. The molecule has 0 aliphatic carbocycles. The van der Waals surface area contributed by atoms with Crippen molar-refractivity contribution in [2.24, 2.45) is 0 Å². The Kier molecular flexibility index (Phi) is 5.76. The molecule has 0 bridgehead atoms. The van der Waals surface area contributed by atoms with Gasteiger partial charge in [-0.1, -0.05) is 36.4 Å². The van der Waals surface area contributed by atoms with Crippen LogP contribution in [0.3, 0.4) is 0 Å². The van der Waals surface area contributed by atoms with Crippen molar-refractivity contribution >= 4 is 34.4 Å². The largest absolute Gasteiger partial charge is 0.497 e. The first-order chi connectivity index (χ1) is 15.0. The van der Waals surface area contributed by atoms with E-state index in [1.54, 1.807) is 25.0 Å². The smallest absolute Gasteiger partial charge is 0.331 e. The van der Waals surface area contributed by atoms with Gasteiger partial charge in [-0.2, -0.15) is 0 Å². The molecular weight excluding hydrogens is 390 g/mol. The average molecular weight is 415 g/mol. The molecule has 0 N–H and O–H groups in total. The molecule has 5 nitrogen and oxygen atoms in total. The Morgan fingerprint density at radius 3 is 2.61 bits per heavy atom. The second kappa shape index (κ2) is 8.64. The number of anilines is 1. The molecule has 3 aromatic carbocycles. The quantitative estimate of drug-likeness (QED) is 0.445. The van der Waals surface area contributed by atoms with E-state index in [-0.39, 0.29) is 11.9 Å². The predicted molar refractivity (Wildman–Crippen MR) is 122 cm³/mol. The van der Waals surface area contributed by atoms with E-state index in [2.05, 4.69) is 0 Å². The minimum Gasteiger partial charge on any atom is -0.497 e. The van der Waals surface area contributed by atoms with Crippen LogP contribution in [0.4, 0.5) is 5.69 Å². The van der Waals surface area contributed by atoms with Gasteiger partial charge in [0.25, 0.3) is 5.91 Å². The second-order valence-corrected chi connectivity index (χ2v) is 7.78. The van der Waals surface area contributed by atoms with E-state index < -0.39 is 12.1 Å². The van der Waals surface area contributed by atoms with Crippen molar-refractivity contribution in [3.63, 3.8) is 0 Å². The summed E-state index contributed by atoms with van der Waals surface area (Å²) in [6, 6.07) is 19.6. The molecule has 0 saturated heterocycles. The molecular formula is C26H25NO4. The van der Waals surface area contributed by atoms with Crippen LogP contribution in [0.5, 0.6) is 5.75 Å². The van der Waals surface area contributed by atoms with Crippen molar-refractivity contribution < 1.29 is 19.1 Å². The van der Waals surface area contributed by atoms with Gasteiger partial charge in [-0.3, -0.25) is 4.79 Å². The van der Waals surface area contributed by atoms with E-state index in [4.69, 9.17) is 9.47 Å². The van der Waals surface area contributed by atoms with Crippen molar-refractivity contribution in [3.05, 3.63) is 77.9 Å². The number of para-hydroxylation sites is 1. The van der Waals surface area contributed by atoms with Crippen LogP contribution < -0.4 is 9.64 Å². The van der Waals surface area contributed by atoms with Gasteiger partial charge in [0.05, 0.1) is 7.11 Å². The lowest BCUT2D eigenvalue weighted by molar-refractivity contribution is -0.149. The Morgan fingerprint density at radius 2 is 1.81 bits per heavy atom. The molecule has 0 unspecified atom stereocenters. The number of carbonyl (C=O) groups is 2. The fourth-order valence-electron chi connectivity index (χ4n) is 4.00. The maximum atomic E-state index is 12.9. The van der Waals surface area contributed by atoms with E-state index in [0.717, 1.165) is 39.8 Å². The lowest BCUT2D eigenvalue weighted by Crippen LogP contribution is -2.43. The number of carbonyl (C=O) groups excluding carboxylic acids is 2. The Bertz CT molecular complexity index is 1170. The summed E-state index contributed by atoms with van der Waals surface area (Å²) in [6.07, 6.45) is 2.98. The lowest BCUT2D eigenvalue weighted by atomic mass is 10.1. The van der Waals surface area contributed by atoms with E-state index in [9.17, 15) is 9.59 Å². The molecule has 0 spiro atoms. The maximum absolute atomic E-state index is 12.9. The first-order valence-corrected chi connectivity index (χ1v) is 10.3. The highest BCUT2D eigenvalue weighted by atomic mass is 16.5. The van der Waals surface area contributed by atoms with Gasteiger partial charge < -0.3 is 14.4 Å². The number of ether oxygens (including phenoxy) is 2. The summed E-state index contributed by atoms with van der Waals surface area (Å²) in [4.78, 5) is 27.0. The number of hydrogen-bond donors (Lipinski definition) is 0. The SMILES string of the molecule is COc1ccc2cc(/C=C/C(=O)O[C@H](C)C(=O)N3c4ccccc4C[C@H]3C)ccc2c1. The van der Waals surface area contributed by atoms with Crippen LogP contribution in [0.2, 0.25) is 0 Å². The highest BCUT2D eigenvalue weighted by Crippen LogP contribution is 2.32. The van der Waals surface area contributed by atoms with E-state index in [1.165, 1.54) is 6.08 Å². The average Bonchev–Trinajstić information content (AvgIpc) is 3.12. The summed E-state index contributed by atoms with van der Waals surface area (Å²) in [5.41, 5.74) is 2.90. The molecule has 31 heavy (non-hydrogen) atoms. The molecule has 4 rings (SSSR count). The molecule has 0 radical (unpaired) electrons. The molecule has 3 aromatic rings. The molecule has 1 heterocycles. The van der Waals surface area contributed by atoms with Gasteiger partial charge in [-0.25, -0.2) is 4.79 Å². The molecule has 0 aromatic heterocycles. The van der Waals surface area contributed by atoms with Gasteiger partial charge in [0.1, 0.15) is 5.75 Å².